The van der Waals surface area contributed by atoms with E-state index in [1.54, 1.807) is 0 Å². The highest BCUT2D eigenvalue weighted by atomic mass is 79.9. The van der Waals surface area contributed by atoms with Crippen molar-refractivity contribution < 1.29 is 14.4 Å². The van der Waals surface area contributed by atoms with E-state index in [1.165, 1.54) is 6.92 Å². The summed E-state index contributed by atoms with van der Waals surface area (Å²) in [6.45, 7) is 1.64. The van der Waals surface area contributed by atoms with Gasteiger partial charge in [0.2, 0.25) is 0 Å². The van der Waals surface area contributed by atoms with E-state index in [1.807, 2.05) is 30.3 Å². The number of rotatable bonds is 1. The summed E-state index contributed by atoms with van der Waals surface area (Å²) in [5, 5.41) is 5.98. The van der Waals surface area contributed by atoms with Crippen LogP contribution in [0.3, 0.4) is 0 Å². The number of ether oxygens (including phenoxy) is 1. The zero-order valence-electron chi connectivity index (χ0n) is 10.1. The van der Waals surface area contributed by atoms with Gasteiger partial charge in [-0.25, -0.2) is 4.79 Å². The van der Waals surface area contributed by atoms with Gasteiger partial charge in [0.1, 0.15) is 18.1 Å². The van der Waals surface area contributed by atoms with Crippen LogP contribution in [0.5, 0.6) is 5.75 Å². The van der Waals surface area contributed by atoms with Crippen LogP contribution in [0.2, 0.25) is 0 Å². The van der Waals surface area contributed by atoms with Gasteiger partial charge in [-0.2, -0.15) is 0 Å². The first-order valence-corrected chi connectivity index (χ1v) is 6.54. The Morgan fingerprint density at radius 1 is 1.37 bits per heavy atom. The van der Waals surface area contributed by atoms with Crippen LogP contribution in [0.25, 0.3) is 10.8 Å². The van der Waals surface area contributed by atoms with E-state index in [-0.39, 0.29) is 0 Å². The minimum Gasteiger partial charge on any atom is -0.486 e. The average Bonchev–Trinajstić information content (AvgIpc) is 2.79. The van der Waals surface area contributed by atoms with Crippen LogP contribution in [0.15, 0.2) is 40.0 Å². The normalized spacial score (nSPS) is 15.4. The first-order valence-electron chi connectivity index (χ1n) is 5.75. The molecule has 0 aromatic heterocycles. The summed E-state index contributed by atoms with van der Waals surface area (Å²) in [5.41, 5.74) is 1.53. The van der Waals surface area contributed by atoms with E-state index in [0.717, 1.165) is 26.6 Å². The molecule has 0 radical (unpaired) electrons. The highest BCUT2D eigenvalue weighted by molar-refractivity contribution is 9.10. The largest absolute Gasteiger partial charge is 0.486 e. The van der Waals surface area contributed by atoms with Crippen molar-refractivity contribution in [2.45, 2.75) is 6.92 Å². The van der Waals surface area contributed by atoms with Crippen LogP contribution < -0.4 is 4.74 Å². The first kappa shape index (κ1) is 12.2. The Kier molecular flexibility index (Phi) is 2.98. The van der Waals surface area contributed by atoms with Gasteiger partial charge in [-0.1, -0.05) is 33.2 Å². The SMILES string of the molecule is CC(=O)ON=C1COc2ccc3cc(Br)ccc3c21. The fraction of sp³-hybridized carbons (Fsp3) is 0.143. The van der Waals surface area contributed by atoms with Crippen LogP contribution >= 0.6 is 15.9 Å². The van der Waals surface area contributed by atoms with E-state index < -0.39 is 5.97 Å². The predicted octanol–water partition coefficient (Wildman–Crippen LogP) is 3.26. The second-order valence-corrected chi connectivity index (χ2v) is 5.13. The molecule has 5 heteroatoms. The monoisotopic (exact) mass is 319 g/mol. The molecule has 0 bridgehead atoms. The third-order valence-corrected chi connectivity index (χ3v) is 3.37. The lowest BCUT2D eigenvalue weighted by Gasteiger charge is -2.04. The maximum atomic E-state index is 10.8. The summed E-state index contributed by atoms with van der Waals surface area (Å²) in [4.78, 5) is 15.6. The van der Waals surface area contributed by atoms with Crippen LogP contribution in [0, 0.1) is 0 Å². The number of carbonyl (C=O) groups is 1. The fourth-order valence-electron chi connectivity index (χ4n) is 2.11. The molecule has 19 heavy (non-hydrogen) atoms. The van der Waals surface area contributed by atoms with Gasteiger partial charge >= 0.3 is 5.97 Å². The Hall–Kier alpha value is -1.88. The van der Waals surface area contributed by atoms with Gasteiger partial charge in [-0.15, -0.1) is 0 Å². The third kappa shape index (κ3) is 2.21. The standard InChI is InChI=1S/C14H10BrNO3/c1-8(17)19-16-12-7-18-13-5-2-9-6-10(15)3-4-11(9)14(12)13/h2-6H,7H2,1H3. The summed E-state index contributed by atoms with van der Waals surface area (Å²) in [5.74, 6) is 0.324. The zero-order chi connectivity index (χ0) is 13.4. The first-order chi connectivity index (χ1) is 9.15. The van der Waals surface area contributed by atoms with Gasteiger partial charge in [-0.3, -0.25) is 0 Å². The molecule has 0 spiro atoms. The van der Waals surface area contributed by atoms with E-state index >= 15 is 0 Å². The molecular weight excluding hydrogens is 310 g/mol. The third-order valence-electron chi connectivity index (χ3n) is 2.88. The van der Waals surface area contributed by atoms with Crippen molar-refractivity contribution in [1.29, 1.82) is 0 Å². The molecule has 0 fully saturated rings. The van der Waals surface area contributed by atoms with E-state index in [2.05, 4.69) is 21.1 Å². The Bertz CT molecular complexity index is 709. The summed E-state index contributed by atoms with van der Waals surface area (Å²) >= 11 is 3.45. The van der Waals surface area contributed by atoms with Crippen molar-refractivity contribution in [1.82, 2.24) is 0 Å². The molecule has 1 aliphatic heterocycles. The Labute approximate surface area is 118 Å². The number of nitrogens with zero attached hydrogens (tertiary/aromatic N) is 1. The van der Waals surface area contributed by atoms with Crippen molar-refractivity contribution in [2.75, 3.05) is 6.61 Å². The molecule has 0 saturated carbocycles. The van der Waals surface area contributed by atoms with Crippen molar-refractivity contribution in [3.63, 3.8) is 0 Å². The molecule has 2 aromatic rings. The fourth-order valence-corrected chi connectivity index (χ4v) is 2.49. The zero-order valence-corrected chi connectivity index (χ0v) is 11.7. The maximum Gasteiger partial charge on any atom is 0.331 e. The highest BCUT2D eigenvalue weighted by Gasteiger charge is 2.23. The van der Waals surface area contributed by atoms with E-state index in [0.29, 0.717) is 12.3 Å². The summed E-state index contributed by atoms with van der Waals surface area (Å²) in [7, 11) is 0. The number of benzene rings is 2. The molecule has 2 aromatic carbocycles. The number of oxime groups is 1. The second-order valence-electron chi connectivity index (χ2n) is 4.21. The summed E-state index contributed by atoms with van der Waals surface area (Å²) in [6.07, 6.45) is 0. The molecule has 0 saturated heterocycles. The smallest absolute Gasteiger partial charge is 0.331 e. The van der Waals surface area contributed by atoms with Gasteiger partial charge < -0.3 is 9.57 Å². The minimum atomic E-state index is -0.441. The second kappa shape index (κ2) is 4.66. The van der Waals surface area contributed by atoms with Crippen LogP contribution in [-0.2, 0) is 9.63 Å². The van der Waals surface area contributed by atoms with Crippen LogP contribution in [-0.4, -0.2) is 18.3 Å². The Balaban J connectivity index is 2.17. The van der Waals surface area contributed by atoms with Gasteiger partial charge in [0.05, 0.1) is 5.56 Å². The molecule has 0 amide bonds. The lowest BCUT2D eigenvalue weighted by Crippen LogP contribution is -2.05. The Morgan fingerprint density at radius 2 is 2.21 bits per heavy atom. The molecule has 4 nitrogen and oxygen atoms in total. The highest BCUT2D eigenvalue weighted by Crippen LogP contribution is 2.34. The number of hydrogen-bond donors (Lipinski definition) is 0. The molecule has 0 aliphatic carbocycles. The van der Waals surface area contributed by atoms with E-state index in [4.69, 9.17) is 9.57 Å². The van der Waals surface area contributed by atoms with Crippen molar-refractivity contribution in [2.24, 2.45) is 5.16 Å². The summed E-state index contributed by atoms with van der Waals surface area (Å²) < 4.78 is 6.56. The average molecular weight is 320 g/mol. The Morgan fingerprint density at radius 3 is 3.00 bits per heavy atom. The maximum absolute atomic E-state index is 10.8. The summed E-state index contributed by atoms with van der Waals surface area (Å²) in [6, 6.07) is 9.88. The van der Waals surface area contributed by atoms with Gasteiger partial charge in [0.25, 0.3) is 0 Å². The quantitative estimate of drug-likeness (QED) is 0.598. The van der Waals surface area contributed by atoms with Crippen LogP contribution in [0.4, 0.5) is 0 Å². The molecule has 96 valence electrons. The molecule has 3 rings (SSSR count). The van der Waals surface area contributed by atoms with Gasteiger partial charge in [0.15, 0.2) is 0 Å². The molecule has 0 N–H and O–H groups in total. The number of halogens is 1. The predicted molar refractivity (Wildman–Crippen MR) is 75.4 cm³/mol. The van der Waals surface area contributed by atoms with Gasteiger partial charge in [-0.05, 0) is 29.0 Å². The lowest BCUT2D eigenvalue weighted by atomic mass is 10.0. The molecule has 1 aliphatic rings. The van der Waals surface area contributed by atoms with Crippen molar-refractivity contribution in [3.8, 4) is 5.75 Å². The molecule has 0 unspecified atom stereocenters. The molecule has 0 atom stereocenters. The van der Waals surface area contributed by atoms with Gasteiger partial charge in [0, 0.05) is 11.4 Å². The lowest BCUT2D eigenvalue weighted by molar-refractivity contribution is -0.140. The van der Waals surface area contributed by atoms with Crippen molar-refractivity contribution >= 4 is 38.4 Å². The molecule has 1 heterocycles. The van der Waals surface area contributed by atoms with E-state index in [9.17, 15) is 4.79 Å². The number of carbonyl (C=O) groups excluding carboxylic acids is 1. The number of fused-ring (bicyclic) bond motifs is 3. The van der Waals surface area contributed by atoms with Crippen LogP contribution in [0.1, 0.15) is 12.5 Å². The topological polar surface area (TPSA) is 47.9 Å². The molecular formula is C14H10BrNO3. The number of hydrogen-bond acceptors (Lipinski definition) is 4. The minimum absolute atomic E-state index is 0.317. The van der Waals surface area contributed by atoms with Crippen molar-refractivity contribution in [3.05, 3.63) is 40.4 Å².